The predicted octanol–water partition coefficient (Wildman–Crippen LogP) is -0.0761. The molecule has 12 heteroatoms. The van der Waals surface area contributed by atoms with Crippen LogP contribution in [0.4, 0.5) is 0 Å². The van der Waals surface area contributed by atoms with Crippen molar-refractivity contribution in [2.45, 2.75) is 6.04 Å². The largest absolute Gasteiger partial charge is 0.506 e. The Morgan fingerprint density at radius 1 is 0.806 bits per heavy atom. The van der Waals surface area contributed by atoms with Gasteiger partial charge in [0.1, 0.15) is 11.3 Å². The maximum absolute atomic E-state index is 11.3. The van der Waals surface area contributed by atoms with Crippen LogP contribution < -0.4 is 0 Å². The fourth-order valence-electron chi connectivity index (χ4n) is 3.16. The number of fused-ring (bicyclic) bond motifs is 1. The molecule has 1 heterocycles. The summed E-state index contributed by atoms with van der Waals surface area (Å²) < 4.78 is 0. The average Bonchev–Trinajstić information content (AvgIpc) is 2.64. The lowest BCUT2D eigenvalue weighted by molar-refractivity contribution is -0.146. The van der Waals surface area contributed by atoms with E-state index in [0.29, 0.717) is 5.39 Å². The van der Waals surface area contributed by atoms with Crippen LogP contribution in [0.2, 0.25) is 0 Å². The highest BCUT2D eigenvalue weighted by Gasteiger charge is 2.29. The number of aromatic hydroxyl groups is 1. The van der Waals surface area contributed by atoms with Crippen molar-refractivity contribution in [1.82, 2.24) is 14.8 Å². The van der Waals surface area contributed by atoms with Gasteiger partial charge in [-0.25, -0.2) is 4.98 Å². The number of rotatable bonds is 12. The number of carboxylic acids is 4. The summed E-state index contributed by atoms with van der Waals surface area (Å²) in [5, 5.41) is 47.3. The maximum Gasteiger partial charge on any atom is 0.317 e. The van der Waals surface area contributed by atoms with E-state index in [4.69, 9.17) is 10.2 Å². The predicted molar refractivity (Wildman–Crippen MR) is 105 cm³/mol. The molecule has 1 aromatic carbocycles. The summed E-state index contributed by atoms with van der Waals surface area (Å²) in [7, 11) is 0. The van der Waals surface area contributed by atoms with Gasteiger partial charge in [0.2, 0.25) is 0 Å². The lowest BCUT2D eigenvalue weighted by Crippen LogP contribution is -2.45. The second-order valence-corrected chi connectivity index (χ2v) is 6.75. The van der Waals surface area contributed by atoms with Gasteiger partial charge in [-0.15, -0.1) is 0 Å². The van der Waals surface area contributed by atoms with Crippen LogP contribution in [0.25, 0.3) is 10.9 Å². The van der Waals surface area contributed by atoms with Crippen molar-refractivity contribution >= 4 is 34.8 Å². The molecule has 0 aliphatic rings. The van der Waals surface area contributed by atoms with Crippen molar-refractivity contribution in [3.8, 4) is 5.75 Å². The zero-order chi connectivity index (χ0) is 23.1. The third-order valence-corrected chi connectivity index (χ3v) is 4.33. The van der Waals surface area contributed by atoms with Gasteiger partial charge in [-0.3, -0.25) is 29.0 Å². The molecule has 1 atom stereocenters. The normalized spacial score (nSPS) is 12.2. The van der Waals surface area contributed by atoms with Crippen LogP contribution in [-0.4, -0.2) is 96.9 Å². The Balaban J connectivity index is 2.55. The van der Waals surface area contributed by atoms with Crippen molar-refractivity contribution in [3.63, 3.8) is 0 Å². The average molecular weight is 435 g/mol. The van der Waals surface area contributed by atoms with E-state index in [-0.39, 0.29) is 23.5 Å². The highest BCUT2D eigenvalue weighted by molar-refractivity contribution is 5.84. The minimum atomic E-state index is -1.34. The number of hydrogen-bond donors (Lipinski definition) is 5. The molecule has 0 fully saturated rings. The third-order valence-electron chi connectivity index (χ3n) is 4.33. The number of phenolic OH excluding ortho intramolecular Hbond substituents is 1. The monoisotopic (exact) mass is 435 g/mol. The molecule has 31 heavy (non-hydrogen) atoms. The molecule has 0 radical (unpaired) electrons. The Morgan fingerprint density at radius 2 is 1.35 bits per heavy atom. The fraction of sp³-hybridized carbons (Fsp3) is 0.316. The summed E-state index contributed by atoms with van der Waals surface area (Å²) in [6.07, 6.45) is 0. The number of phenols is 1. The van der Waals surface area contributed by atoms with Crippen molar-refractivity contribution < 1.29 is 44.7 Å². The molecule has 1 aromatic heterocycles. The summed E-state index contributed by atoms with van der Waals surface area (Å²) in [5.74, 6) is -5.45. The fourth-order valence-corrected chi connectivity index (χ4v) is 3.16. The Hall–Kier alpha value is -3.77. The van der Waals surface area contributed by atoms with Gasteiger partial charge in [-0.2, -0.15) is 0 Å². The molecular weight excluding hydrogens is 414 g/mol. The molecule has 0 amide bonds. The summed E-state index contributed by atoms with van der Waals surface area (Å²) in [6.45, 7) is -3.10. The SMILES string of the molecule is O=C(O)CN(CC(=O)O)CC(c1ccc2cccc(O)c2n1)N(CC(=O)O)CC(=O)O. The minimum Gasteiger partial charge on any atom is -0.506 e. The summed E-state index contributed by atoms with van der Waals surface area (Å²) in [6, 6.07) is 6.65. The number of aromatic nitrogens is 1. The third kappa shape index (κ3) is 6.90. The Kier molecular flexibility index (Phi) is 7.82. The molecule has 166 valence electrons. The number of benzene rings is 1. The van der Waals surface area contributed by atoms with Gasteiger partial charge in [-0.05, 0) is 12.1 Å². The Morgan fingerprint density at radius 3 is 1.87 bits per heavy atom. The number of aliphatic carboxylic acids is 4. The van der Waals surface area contributed by atoms with Gasteiger partial charge in [0.05, 0.1) is 37.9 Å². The molecule has 0 bridgehead atoms. The van der Waals surface area contributed by atoms with E-state index in [1.54, 1.807) is 18.2 Å². The molecule has 5 N–H and O–H groups in total. The van der Waals surface area contributed by atoms with Crippen LogP contribution in [0.15, 0.2) is 30.3 Å². The van der Waals surface area contributed by atoms with E-state index in [1.165, 1.54) is 12.1 Å². The summed E-state index contributed by atoms with van der Waals surface area (Å²) >= 11 is 0. The molecule has 0 aliphatic heterocycles. The Labute approximate surface area is 175 Å². The summed E-state index contributed by atoms with van der Waals surface area (Å²) in [5.41, 5.74) is 0.330. The van der Waals surface area contributed by atoms with Crippen molar-refractivity contribution in [3.05, 3.63) is 36.0 Å². The van der Waals surface area contributed by atoms with Crippen LogP contribution in [0.1, 0.15) is 11.7 Å². The van der Waals surface area contributed by atoms with Crippen molar-refractivity contribution in [2.75, 3.05) is 32.7 Å². The van der Waals surface area contributed by atoms with Gasteiger partial charge < -0.3 is 25.5 Å². The molecule has 1 unspecified atom stereocenters. The number of para-hydroxylation sites is 1. The second-order valence-electron chi connectivity index (χ2n) is 6.75. The summed E-state index contributed by atoms with van der Waals surface area (Å²) in [4.78, 5) is 51.4. The number of hydrogen-bond acceptors (Lipinski definition) is 8. The van der Waals surface area contributed by atoms with Crippen LogP contribution in [0.5, 0.6) is 5.75 Å². The van der Waals surface area contributed by atoms with Gasteiger partial charge >= 0.3 is 23.9 Å². The number of carbonyl (C=O) groups is 4. The van der Waals surface area contributed by atoms with Crippen LogP contribution in [0, 0.1) is 0 Å². The zero-order valence-corrected chi connectivity index (χ0v) is 16.2. The topological polar surface area (TPSA) is 189 Å². The molecule has 2 rings (SSSR count). The molecule has 0 saturated carbocycles. The maximum atomic E-state index is 11.3. The van der Waals surface area contributed by atoms with Crippen LogP contribution in [-0.2, 0) is 19.2 Å². The smallest absolute Gasteiger partial charge is 0.317 e. The van der Waals surface area contributed by atoms with Gasteiger partial charge in [0, 0.05) is 11.9 Å². The highest BCUT2D eigenvalue weighted by atomic mass is 16.4. The highest BCUT2D eigenvalue weighted by Crippen LogP contribution is 2.27. The first-order valence-electron chi connectivity index (χ1n) is 8.99. The van der Waals surface area contributed by atoms with E-state index in [1.807, 2.05) is 0 Å². The molecular formula is C19H21N3O9. The van der Waals surface area contributed by atoms with Crippen LogP contribution in [0.3, 0.4) is 0 Å². The first kappa shape index (κ1) is 23.5. The lowest BCUT2D eigenvalue weighted by Gasteiger charge is -2.32. The molecule has 12 nitrogen and oxygen atoms in total. The number of nitrogens with zero attached hydrogens (tertiary/aromatic N) is 3. The van der Waals surface area contributed by atoms with E-state index < -0.39 is 56.1 Å². The standard InChI is InChI=1S/C19H21N3O9/c23-14-3-1-2-11-4-5-12(20-19(11)14)13(22(9-17(28)29)10-18(30)31)6-21(7-15(24)25)8-16(26)27/h1-5,13,23H,6-10H2,(H,24,25)(H,26,27)(H,28,29)(H,30,31). The zero-order valence-electron chi connectivity index (χ0n) is 16.2. The molecule has 2 aromatic rings. The quantitative estimate of drug-likeness (QED) is 0.299. The Bertz CT molecular complexity index is 963. The van der Waals surface area contributed by atoms with Gasteiger partial charge in [-0.1, -0.05) is 18.2 Å². The minimum absolute atomic E-state index is 0.150. The van der Waals surface area contributed by atoms with E-state index in [2.05, 4.69) is 4.98 Å². The second kappa shape index (κ2) is 10.3. The molecule has 0 spiro atoms. The van der Waals surface area contributed by atoms with E-state index in [9.17, 15) is 34.5 Å². The number of pyridine rings is 1. The van der Waals surface area contributed by atoms with Crippen LogP contribution >= 0.6 is 0 Å². The van der Waals surface area contributed by atoms with Crippen molar-refractivity contribution in [2.24, 2.45) is 0 Å². The van der Waals surface area contributed by atoms with E-state index >= 15 is 0 Å². The van der Waals surface area contributed by atoms with E-state index in [0.717, 1.165) is 9.80 Å². The molecule has 0 saturated heterocycles. The van der Waals surface area contributed by atoms with Crippen molar-refractivity contribution in [1.29, 1.82) is 0 Å². The first-order valence-corrected chi connectivity index (χ1v) is 8.99. The van der Waals surface area contributed by atoms with Gasteiger partial charge in [0.25, 0.3) is 0 Å². The van der Waals surface area contributed by atoms with Gasteiger partial charge in [0.15, 0.2) is 0 Å². The number of carboxylic acid groups (broad SMARTS) is 4. The molecule has 0 aliphatic carbocycles. The first-order chi connectivity index (χ1) is 14.6. The lowest BCUT2D eigenvalue weighted by atomic mass is 10.1.